The van der Waals surface area contributed by atoms with Gasteiger partial charge in [0, 0.05) is 0 Å². The highest BCUT2D eigenvalue weighted by Crippen LogP contribution is 2.29. The fourth-order valence-electron chi connectivity index (χ4n) is 3.01. The van der Waals surface area contributed by atoms with Gasteiger partial charge in [-0.15, -0.1) is 0 Å². The molecule has 0 bridgehead atoms. The first kappa shape index (κ1) is 23.5. The number of ether oxygens (including phenoxy) is 3. The Bertz CT molecular complexity index is 1140. The minimum absolute atomic E-state index is 0.153. The van der Waals surface area contributed by atoms with Crippen LogP contribution in [0.1, 0.15) is 34.0 Å². The van der Waals surface area contributed by atoms with Crippen LogP contribution in [0.2, 0.25) is 0 Å². The highest BCUT2D eigenvalue weighted by molar-refractivity contribution is 5.91. The van der Waals surface area contributed by atoms with Gasteiger partial charge in [0.1, 0.15) is 5.75 Å². The number of esters is 1. The van der Waals surface area contributed by atoms with Gasteiger partial charge in [-0.25, -0.2) is 10.2 Å². The molecule has 0 atom stereocenters. The number of nitrogens with zero attached hydrogens (tertiary/aromatic N) is 1. The van der Waals surface area contributed by atoms with E-state index in [9.17, 15) is 9.59 Å². The third kappa shape index (κ3) is 6.93. The van der Waals surface area contributed by atoms with Gasteiger partial charge in [0.05, 0.1) is 18.4 Å². The molecule has 1 N–H and O–H groups in total. The van der Waals surface area contributed by atoms with Crippen LogP contribution in [0.25, 0.3) is 0 Å². The summed E-state index contributed by atoms with van der Waals surface area (Å²) in [5.41, 5.74) is 5.62. The van der Waals surface area contributed by atoms with Crippen LogP contribution in [0.15, 0.2) is 71.8 Å². The molecule has 1 amide bonds. The zero-order valence-corrected chi connectivity index (χ0v) is 18.8. The molecule has 3 aromatic rings. The van der Waals surface area contributed by atoms with Gasteiger partial charge >= 0.3 is 5.97 Å². The van der Waals surface area contributed by atoms with Gasteiger partial charge in [-0.1, -0.05) is 35.9 Å². The lowest BCUT2D eigenvalue weighted by atomic mass is 10.1. The number of amides is 1. The average Bonchev–Trinajstić information content (AvgIpc) is 2.81. The van der Waals surface area contributed by atoms with E-state index in [-0.39, 0.29) is 12.5 Å². The molecule has 0 aliphatic heterocycles. The fraction of sp³-hybridized carbons (Fsp3) is 0.192. The van der Waals surface area contributed by atoms with Gasteiger partial charge in [-0.3, -0.25) is 4.79 Å². The van der Waals surface area contributed by atoms with Crippen molar-refractivity contribution < 1.29 is 23.8 Å². The summed E-state index contributed by atoms with van der Waals surface area (Å²) < 4.78 is 16.6. The Morgan fingerprint density at radius 1 is 0.909 bits per heavy atom. The molecule has 33 heavy (non-hydrogen) atoms. The molecule has 0 radical (unpaired) electrons. The van der Waals surface area contributed by atoms with E-state index in [0.29, 0.717) is 35.0 Å². The number of aryl methyl sites for hydroxylation is 2. The SMILES string of the molecule is CCOc1cc(C=NNC(=O)COc2ccc(C)cc2C)ccc1OC(=O)c1ccccc1. The summed E-state index contributed by atoms with van der Waals surface area (Å²) in [6.07, 6.45) is 1.47. The molecular formula is C26H26N2O5. The van der Waals surface area contributed by atoms with Gasteiger partial charge in [-0.2, -0.15) is 5.10 Å². The quantitative estimate of drug-likeness (QED) is 0.227. The molecule has 0 spiro atoms. The summed E-state index contributed by atoms with van der Waals surface area (Å²) in [5, 5.41) is 3.96. The first-order valence-electron chi connectivity index (χ1n) is 10.5. The molecule has 0 fully saturated rings. The molecule has 7 nitrogen and oxygen atoms in total. The maximum atomic E-state index is 12.3. The first-order chi connectivity index (χ1) is 16.0. The fourth-order valence-corrected chi connectivity index (χ4v) is 3.01. The third-order valence-electron chi connectivity index (χ3n) is 4.57. The predicted molar refractivity (Wildman–Crippen MR) is 126 cm³/mol. The second-order valence-corrected chi connectivity index (χ2v) is 7.25. The Labute approximate surface area is 193 Å². The lowest BCUT2D eigenvalue weighted by Crippen LogP contribution is -2.24. The van der Waals surface area contributed by atoms with Crippen molar-refractivity contribution in [2.45, 2.75) is 20.8 Å². The van der Waals surface area contributed by atoms with E-state index in [1.165, 1.54) is 6.21 Å². The summed E-state index contributed by atoms with van der Waals surface area (Å²) in [6, 6.07) is 19.5. The van der Waals surface area contributed by atoms with Crippen LogP contribution in [0.3, 0.4) is 0 Å². The van der Waals surface area contributed by atoms with Crippen molar-refractivity contribution in [3.8, 4) is 17.2 Å². The molecular weight excluding hydrogens is 420 g/mol. The van der Waals surface area contributed by atoms with E-state index >= 15 is 0 Å². The second-order valence-electron chi connectivity index (χ2n) is 7.25. The molecule has 0 heterocycles. The minimum atomic E-state index is -0.478. The van der Waals surface area contributed by atoms with Crippen LogP contribution in [0, 0.1) is 13.8 Å². The molecule has 0 saturated carbocycles. The number of hydrogen-bond donors (Lipinski definition) is 1. The molecule has 0 unspecified atom stereocenters. The second kappa shape index (κ2) is 11.5. The summed E-state index contributed by atoms with van der Waals surface area (Å²) in [7, 11) is 0. The van der Waals surface area contributed by atoms with Crippen molar-refractivity contribution in [1.29, 1.82) is 0 Å². The largest absolute Gasteiger partial charge is 0.490 e. The lowest BCUT2D eigenvalue weighted by molar-refractivity contribution is -0.123. The molecule has 0 aromatic heterocycles. The van der Waals surface area contributed by atoms with E-state index in [0.717, 1.165) is 11.1 Å². The predicted octanol–water partition coefficient (Wildman–Crippen LogP) is 4.45. The van der Waals surface area contributed by atoms with Gasteiger partial charge < -0.3 is 14.2 Å². The molecule has 3 aromatic carbocycles. The minimum Gasteiger partial charge on any atom is -0.490 e. The van der Waals surface area contributed by atoms with E-state index in [1.807, 2.05) is 45.0 Å². The van der Waals surface area contributed by atoms with Crippen LogP contribution < -0.4 is 19.6 Å². The van der Waals surface area contributed by atoms with Gasteiger partial charge in [0.2, 0.25) is 0 Å². The highest BCUT2D eigenvalue weighted by Gasteiger charge is 2.13. The van der Waals surface area contributed by atoms with E-state index in [4.69, 9.17) is 14.2 Å². The van der Waals surface area contributed by atoms with Crippen molar-refractivity contribution in [2.24, 2.45) is 5.10 Å². The van der Waals surface area contributed by atoms with Gasteiger partial charge in [-0.05, 0) is 68.3 Å². The van der Waals surface area contributed by atoms with E-state index in [2.05, 4.69) is 10.5 Å². The van der Waals surface area contributed by atoms with Gasteiger partial charge in [0.25, 0.3) is 5.91 Å². The summed E-state index contributed by atoms with van der Waals surface area (Å²) in [4.78, 5) is 24.4. The standard InChI is InChI=1S/C26H26N2O5/c1-4-31-24-15-20(11-13-23(24)33-26(30)21-8-6-5-7-9-21)16-27-28-25(29)17-32-22-12-10-18(2)14-19(22)3/h5-16H,4,17H2,1-3H3,(H,28,29). The smallest absolute Gasteiger partial charge is 0.343 e. The van der Waals surface area contributed by atoms with E-state index in [1.54, 1.807) is 42.5 Å². The summed E-state index contributed by atoms with van der Waals surface area (Å²) in [6.45, 7) is 5.99. The molecule has 0 aliphatic rings. The molecule has 0 aliphatic carbocycles. The number of carbonyl (C=O) groups excluding carboxylic acids is 2. The maximum Gasteiger partial charge on any atom is 0.343 e. The molecule has 7 heteroatoms. The number of rotatable bonds is 9. The number of carbonyl (C=O) groups is 2. The van der Waals surface area contributed by atoms with Crippen molar-refractivity contribution >= 4 is 18.1 Å². The van der Waals surface area contributed by atoms with Crippen molar-refractivity contribution in [3.63, 3.8) is 0 Å². The first-order valence-corrected chi connectivity index (χ1v) is 10.5. The average molecular weight is 447 g/mol. The van der Waals surface area contributed by atoms with E-state index < -0.39 is 5.97 Å². The third-order valence-corrected chi connectivity index (χ3v) is 4.57. The number of nitrogens with one attached hydrogen (secondary N) is 1. The summed E-state index contributed by atoms with van der Waals surface area (Å²) >= 11 is 0. The molecule has 0 saturated heterocycles. The number of benzene rings is 3. The topological polar surface area (TPSA) is 86.2 Å². The van der Waals surface area contributed by atoms with Crippen molar-refractivity contribution in [2.75, 3.05) is 13.2 Å². The number of hydrazone groups is 1. The molecule has 170 valence electrons. The van der Waals surface area contributed by atoms with Crippen LogP contribution in [0.5, 0.6) is 17.2 Å². The summed E-state index contributed by atoms with van der Waals surface area (Å²) in [5.74, 6) is 0.490. The van der Waals surface area contributed by atoms with Crippen LogP contribution >= 0.6 is 0 Å². The molecule has 3 rings (SSSR count). The Kier molecular flexibility index (Phi) is 8.18. The Balaban J connectivity index is 1.59. The lowest BCUT2D eigenvalue weighted by Gasteiger charge is -2.11. The van der Waals surface area contributed by atoms with Gasteiger partial charge in [0.15, 0.2) is 18.1 Å². The Hall–Kier alpha value is -4.13. The van der Waals surface area contributed by atoms with Crippen LogP contribution in [-0.4, -0.2) is 31.3 Å². The Morgan fingerprint density at radius 2 is 1.67 bits per heavy atom. The highest BCUT2D eigenvalue weighted by atomic mass is 16.6. The van der Waals surface area contributed by atoms with Crippen molar-refractivity contribution in [3.05, 3.63) is 89.0 Å². The monoisotopic (exact) mass is 446 g/mol. The number of hydrogen-bond acceptors (Lipinski definition) is 6. The normalized spacial score (nSPS) is 10.6. The Morgan fingerprint density at radius 3 is 2.39 bits per heavy atom. The zero-order chi connectivity index (χ0) is 23.6. The van der Waals surface area contributed by atoms with Crippen LogP contribution in [-0.2, 0) is 4.79 Å². The van der Waals surface area contributed by atoms with Crippen LogP contribution in [0.4, 0.5) is 0 Å². The maximum absolute atomic E-state index is 12.3. The zero-order valence-electron chi connectivity index (χ0n) is 18.8. The van der Waals surface area contributed by atoms with Crippen molar-refractivity contribution in [1.82, 2.24) is 5.43 Å².